The first-order valence-corrected chi connectivity index (χ1v) is 8.18. The van der Waals surface area contributed by atoms with Gasteiger partial charge in [-0.1, -0.05) is 6.07 Å². The Morgan fingerprint density at radius 1 is 1.15 bits per heavy atom. The predicted octanol–water partition coefficient (Wildman–Crippen LogP) is 3.57. The van der Waals surface area contributed by atoms with Gasteiger partial charge < -0.3 is 14.8 Å². The maximum atomic E-state index is 14.0. The van der Waals surface area contributed by atoms with Crippen LogP contribution in [0.2, 0.25) is 0 Å². The minimum atomic E-state index is -1.12. The van der Waals surface area contributed by atoms with Crippen molar-refractivity contribution in [3.05, 3.63) is 66.1 Å². The first-order valence-electron chi connectivity index (χ1n) is 8.18. The number of methoxy groups -OCH3 is 1. The van der Waals surface area contributed by atoms with Crippen LogP contribution in [0.5, 0.6) is 5.75 Å². The number of nitrogens with zero attached hydrogens (tertiary/aromatic N) is 1. The number of benzene rings is 2. The SMILES string of the molecule is COc1ccc(C(=O)OC(C)C(=O)Nc2cccc3ncccc23)c(F)c1. The lowest BCUT2D eigenvalue weighted by molar-refractivity contribution is -0.123. The van der Waals surface area contributed by atoms with Gasteiger partial charge in [0.15, 0.2) is 6.10 Å². The third kappa shape index (κ3) is 4.03. The molecule has 6 nitrogen and oxygen atoms in total. The van der Waals surface area contributed by atoms with E-state index in [9.17, 15) is 14.0 Å². The molecule has 138 valence electrons. The summed E-state index contributed by atoms with van der Waals surface area (Å²) in [6.45, 7) is 1.41. The van der Waals surface area contributed by atoms with E-state index in [1.165, 1.54) is 26.2 Å². The van der Waals surface area contributed by atoms with Gasteiger partial charge in [-0.05, 0) is 43.3 Å². The quantitative estimate of drug-likeness (QED) is 0.697. The van der Waals surface area contributed by atoms with Gasteiger partial charge in [0.05, 0.1) is 23.9 Å². The van der Waals surface area contributed by atoms with Crippen molar-refractivity contribution in [3.63, 3.8) is 0 Å². The normalized spacial score (nSPS) is 11.7. The van der Waals surface area contributed by atoms with Crippen LogP contribution in [0, 0.1) is 5.82 Å². The van der Waals surface area contributed by atoms with Gasteiger partial charge in [-0.3, -0.25) is 9.78 Å². The van der Waals surface area contributed by atoms with Crippen LogP contribution < -0.4 is 10.1 Å². The van der Waals surface area contributed by atoms with Crippen LogP contribution >= 0.6 is 0 Å². The Hall–Kier alpha value is -3.48. The van der Waals surface area contributed by atoms with E-state index in [1.54, 1.807) is 24.4 Å². The minimum Gasteiger partial charge on any atom is -0.497 e. The van der Waals surface area contributed by atoms with Crippen LogP contribution in [0.4, 0.5) is 10.1 Å². The van der Waals surface area contributed by atoms with E-state index in [4.69, 9.17) is 9.47 Å². The molecular formula is C20H17FN2O4. The number of fused-ring (bicyclic) bond motifs is 1. The average molecular weight is 368 g/mol. The molecule has 3 rings (SSSR count). The number of ether oxygens (including phenoxy) is 2. The number of esters is 1. The van der Waals surface area contributed by atoms with Gasteiger partial charge in [-0.2, -0.15) is 0 Å². The highest BCUT2D eigenvalue weighted by Crippen LogP contribution is 2.22. The molecule has 1 N–H and O–H groups in total. The second-order valence-corrected chi connectivity index (χ2v) is 5.76. The molecule has 0 aliphatic heterocycles. The molecular weight excluding hydrogens is 351 g/mol. The number of nitrogens with one attached hydrogen (secondary N) is 1. The molecule has 0 aliphatic rings. The van der Waals surface area contributed by atoms with Crippen molar-refractivity contribution >= 4 is 28.5 Å². The van der Waals surface area contributed by atoms with Crippen molar-refractivity contribution in [2.24, 2.45) is 0 Å². The van der Waals surface area contributed by atoms with Crippen LogP contribution in [0.15, 0.2) is 54.7 Å². The number of hydrogen-bond donors (Lipinski definition) is 1. The number of carbonyl (C=O) groups excluding carboxylic acids is 2. The molecule has 0 fully saturated rings. The molecule has 0 aliphatic carbocycles. The molecule has 7 heteroatoms. The molecule has 1 heterocycles. The number of aromatic nitrogens is 1. The number of amides is 1. The Bertz CT molecular complexity index is 1000. The van der Waals surface area contributed by atoms with E-state index in [2.05, 4.69) is 10.3 Å². The topological polar surface area (TPSA) is 77.5 Å². The molecule has 0 spiro atoms. The van der Waals surface area contributed by atoms with Gasteiger partial charge in [0, 0.05) is 17.6 Å². The molecule has 1 atom stereocenters. The summed E-state index contributed by atoms with van der Waals surface area (Å²) in [7, 11) is 1.39. The van der Waals surface area contributed by atoms with Gasteiger partial charge in [0.1, 0.15) is 11.6 Å². The summed E-state index contributed by atoms with van der Waals surface area (Å²) in [4.78, 5) is 28.8. The number of carbonyl (C=O) groups is 2. The zero-order chi connectivity index (χ0) is 19.4. The summed E-state index contributed by atoms with van der Waals surface area (Å²) in [6, 6.07) is 12.6. The fourth-order valence-corrected chi connectivity index (χ4v) is 2.51. The van der Waals surface area contributed by atoms with Crippen LogP contribution in [-0.4, -0.2) is 30.1 Å². The summed E-state index contributed by atoms with van der Waals surface area (Å²) in [6.07, 6.45) is 0.535. The molecule has 0 bridgehead atoms. The van der Waals surface area contributed by atoms with Crippen molar-refractivity contribution in [1.82, 2.24) is 4.98 Å². The summed E-state index contributed by atoms with van der Waals surface area (Å²) >= 11 is 0. The number of anilines is 1. The van der Waals surface area contributed by atoms with Crippen molar-refractivity contribution in [1.29, 1.82) is 0 Å². The fraction of sp³-hybridized carbons (Fsp3) is 0.150. The number of pyridine rings is 1. The van der Waals surface area contributed by atoms with Crippen molar-refractivity contribution < 1.29 is 23.5 Å². The molecule has 2 aromatic carbocycles. The number of rotatable bonds is 5. The second-order valence-electron chi connectivity index (χ2n) is 5.76. The highest BCUT2D eigenvalue weighted by molar-refractivity contribution is 6.03. The van der Waals surface area contributed by atoms with Gasteiger partial charge in [0.2, 0.25) is 0 Å². The smallest absolute Gasteiger partial charge is 0.341 e. The molecule has 0 radical (unpaired) electrons. The molecule has 1 unspecified atom stereocenters. The Balaban J connectivity index is 1.71. The van der Waals surface area contributed by atoms with Gasteiger partial charge >= 0.3 is 5.97 Å². The van der Waals surface area contributed by atoms with E-state index in [0.29, 0.717) is 5.69 Å². The minimum absolute atomic E-state index is 0.273. The Kier molecular flexibility index (Phi) is 5.30. The highest BCUT2D eigenvalue weighted by Gasteiger charge is 2.22. The Labute approximate surface area is 154 Å². The van der Waals surface area contributed by atoms with E-state index in [0.717, 1.165) is 17.0 Å². The lowest BCUT2D eigenvalue weighted by atomic mass is 10.1. The van der Waals surface area contributed by atoms with E-state index < -0.39 is 23.8 Å². The summed E-state index contributed by atoms with van der Waals surface area (Å²) in [5, 5.41) is 3.46. The highest BCUT2D eigenvalue weighted by atomic mass is 19.1. The summed E-state index contributed by atoms with van der Waals surface area (Å²) < 4.78 is 24.0. The third-order valence-electron chi connectivity index (χ3n) is 3.95. The molecule has 3 aromatic rings. The standard InChI is InChI=1S/C20H17FN2O4/c1-12(27-20(25)14-9-8-13(26-2)11-16(14)21)19(24)23-18-7-3-6-17-15(18)5-4-10-22-17/h3-12H,1-2H3,(H,23,24). The zero-order valence-corrected chi connectivity index (χ0v) is 14.7. The Morgan fingerprint density at radius 3 is 2.70 bits per heavy atom. The third-order valence-corrected chi connectivity index (χ3v) is 3.95. The number of halogens is 1. The van der Waals surface area contributed by atoms with Crippen LogP contribution in [-0.2, 0) is 9.53 Å². The van der Waals surface area contributed by atoms with Gasteiger partial charge in [0.25, 0.3) is 5.91 Å². The monoisotopic (exact) mass is 368 g/mol. The van der Waals surface area contributed by atoms with E-state index in [1.807, 2.05) is 12.1 Å². The number of hydrogen-bond acceptors (Lipinski definition) is 5. The van der Waals surface area contributed by atoms with E-state index >= 15 is 0 Å². The lowest BCUT2D eigenvalue weighted by Gasteiger charge is -2.15. The van der Waals surface area contributed by atoms with Crippen LogP contribution in [0.25, 0.3) is 10.9 Å². The van der Waals surface area contributed by atoms with Crippen LogP contribution in [0.1, 0.15) is 17.3 Å². The molecule has 0 saturated carbocycles. The average Bonchev–Trinajstić information content (AvgIpc) is 2.67. The fourth-order valence-electron chi connectivity index (χ4n) is 2.51. The molecule has 0 saturated heterocycles. The van der Waals surface area contributed by atoms with Crippen molar-refractivity contribution in [2.45, 2.75) is 13.0 Å². The molecule has 1 aromatic heterocycles. The summed E-state index contributed by atoms with van der Waals surface area (Å²) in [5.74, 6) is -1.97. The zero-order valence-electron chi connectivity index (χ0n) is 14.7. The van der Waals surface area contributed by atoms with Crippen LogP contribution in [0.3, 0.4) is 0 Å². The van der Waals surface area contributed by atoms with Crippen molar-refractivity contribution in [3.8, 4) is 5.75 Å². The Morgan fingerprint density at radius 2 is 1.96 bits per heavy atom. The van der Waals surface area contributed by atoms with Crippen molar-refractivity contribution in [2.75, 3.05) is 12.4 Å². The predicted molar refractivity (Wildman–Crippen MR) is 98.2 cm³/mol. The van der Waals surface area contributed by atoms with Gasteiger partial charge in [-0.25, -0.2) is 9.18 Å². The molecule has 1 amide bonds. The maximum Gasteiger partial charge on any atom is 0.341 e. The second kappa shape index (κ2) is 7.82. The first kappa shape index (κ1) is 18.3. The van der Waals surface area contributed by atoms with Gasteiger partial charge in [-0.15, -0.1) is 0 Å². The van der Waals surface area contributed by atoms with E-state index in [-0.39, 0.29) is 11.3 Å². The summed E-state index contributed by atoms with van der Waals surface area (Å²) in [5.41, 5.74) is 0.995. The molecule has 27 heavy (non-hydrogen) atoms. The first-order chi connectivity index (χ1) is 13.0. The lowest BCUT2D eigenvalue weighted by Crippen LogP contribution is -2.30. The largest absolute Gasteiger partial charge is 0.497 e. The maximum absolute atomic E-state index is 14.0.